The van der Waals surface area contributed by atoms with Crippen molar-refractivity contribution in [1.29, 1.82) is 0 Å². The van der Waals surface area contributed by atoms with E-state index in [1.807, 2.05) is 0 Å². The minimum absolute atomic E-state index is 0.0440. The van der Waals surface area contributed by atoms with Gasteiger partial charge in [-0.15, -0.1) is 0 Å². The molecule has 2 rings (SSSR count). The topological polar surface area (TPSA) is 84.0 Å². The molecule has 1 saturated heterocycles. The Balaban J connectivity index is 2.24. The first-order valence-corrected chi connectivity index (χ1v) is 12.6. The van der Waals surface area contributed by atoms with E-state index in [4.69, 9.17) is 4.74 Å². The summed E-state index contributed by atoms with van der Waals surface area (Å²) in [5.74, 6) is 0.515. The summed E-state index contributed by atoms with van der Waals surface area (Å²) >= 11 is 0. The van der Waals surface area contributed by atoms with Gasteiger partial charge < -0.3 is 9.64 Å². The lowest BCUT2D eigenvalue weighted by atomic mass is 10.2. The molecule has 27 heavy (non-hydrogen) atoms. The van der Waals surface area contributed by atoms with E-state index in [0.717, 1.165) is 19.6 Å². The van der Waals surface area contributed by atoms with E-state index >= 15 is 0 Å². The summed E-state index contributed by atoms with van der Waals surface area (Å²) in [7, 11) is -5.44. The van der Waals surface area contributed by atoms with Crippen LogP contribution in [0.1, 0.15) is 26.7 Å². The van der Waals surface area contributed by atoms with Gasteiger partial charge >= 0.3 is 0 Å². The summed E-state index contributed by atoms with van der Waals surface area (Å²) < 4.78 is 56.8. The highest BCUT2D eigenvalue weighted by molar-refractivity contribution is 7.92. The quantitative estimate of drug-likeness (QED) is 0.574. The van der Waals surface area contributed by atoms with Crippen LogP contribution >= 0.6 is 0 Å². The Morgan fingerprint density at radius 3 is 2.22 bits per heavy atom. The first kappa shape index (κ1) is 22.1. The van der Waals surface area contributed by atoms with Gasteiger partial charge in [-0.2, -0.15) is 4.31 Å². The van der Waals surface area contributed by atoms with Crippen molar-refractivity contribution in [2.75, 3.05) is 44.8 Å². The molecule has 0 spiro atoms. The van der Waals surface area contributed by atoms with Crippen LogP contribution in [-0.4, -0.2) is 76.9 Å². The van der Waals surface area contributed by atoms with E-state index in [0.29, 0.717) is 25.1 Å². The lowest BCUT2D eigenvalue weighted by molar-refractivity contribution is 0.269. The second kappa shape index (κ2) is 9.36. The Morgan fingerprint density at radius 2 is 1.74 bits per heavy atom. The second-order valence-corrected chi connectivity index (χ2v) is 10.8. The zero-order chi connectivity index (χ0) is 20.1. The van der Waals surface area contributed by atoms with Crippen molar-refractivity contribution in [1.82, 2.24) is 9.21 Å². The molecule has 0 amide bonds. The van der Waals surface area contributed by atoms with Crippen LogP contribution in [0, 0.1) is 0 Å². The van der Waals surface area contributed by atoms with Gasteiger partial charge in [-0.3, -0.25) is 0 Å². The lowest BCUT2D eigenvalue weighted by Crippen LogP contribution is -2.42. The van der Waals surface area contributed by atoms with Gasteiger partial charge in [0.15, 0.2) is 9.84 Å². The van der Waals surface area contributed by atoms with E-state index in [-0.39, 0.29) is 16.4 Å². The third-order valence-electron chi connectivity index (χ3n) is 5.03. The third-order valence-corrected chi connectivity index (χ3v) is 8.75. The Labute approximate surface area is 163 Å². The van der Waals surface area contributed by atoms with Crippen LogP contribution in [0.5, 0.6) is 5.75 Å². The molecule has 1 aromatic carbocycles. The maximum absolute atomic E-state index is 13.2. The molecule has 0 bridgehead atoms. The number of benzene rings is 1. The van der Waals surface area contributed by atoms with E-state index in [2.05, 4.69) is 18.7 Å². The van der Waals surface area contributed by atoms with Crippen LogP contribution in [0.25, 0.3) is 0 Å². The minimum atomic E-state index is -3.78. The average molecular weight is 419 g/mol. The number of ether oxygens (including phenoxy) is 1. The number of hydrogen-bond acceptors (Lipinski definition) is 6. The van der Waals surface area contributed by atoms with E-state index in [1.165, 1.54) is 23.5 Å². The lowest BCUT2D eigenvalue weighted by Gasteiger charge is -2.28. The average Bonchev–Trinajstić information content (AvgIpc) is 3.01. The Morgan fingerprint density at radius 1 is 1.11 bits per heavy atom. The van der Waals surface area contributed by atoms with Crippen LogP contribution in [0.15, 0.2) is 29.2 Å². The van der Waals surface area contributed by atoms with Crippen LogP contribution in [0.4, 0.5) is 0 Å². The highest BCUT2D eigenvalue weighted by Gasteiger charge is 2.38. The summed E-state index contributed by atoms with van der Waals surface area (Å²) in [6.45, 7) is 7.03. The van der Waals surface area contributed by atoms with Gasteiger partial charge in [-0.1, -0.05) is 13.8 Å². The zero-order valence-corrected chi connectivity index (χ0v) is 17.9. The van der Waals surface area contributed by atoms with Crippen molar-refractivity contribution in [3.05, 3.63) is 24.3 Å². The van der Waals surface area contributed by atoms with E-state index < -0.39 is 25.9 Å². The molecule has 1 aliphatic rings. The third kappa shape index (κ3) is 5.66. The number of nitrogens with zero attached hydrogens (tertiary/aromatic N) is 2. The van der Waals surface area contributed by atoms with Gasteiger partial charge in [-0.05, 0) is 56.7 Å². The molecule has 9 heteroatoms. The van der Waals surface area contributed by atoms with Crippen LogP contribution < -0.4 is 4.74 Å². The molecule has 0 unspecified atom stereocenters. The molecule has 0 N–H and O–H groups in total. The largest absolute Gasteiger partial charge is 0.497 e. The summed E-state index contributed by atoms with van der Waals surface area (Å²) in [5.41, 5.74) is 0. The Hall–Kier alpha value is -1.16. The zero-order valence-electron chi connectivity index (χ0n) is 16.3. The number of sulfonamides is 1. The van der Waals surface area contributed by atoms with Gasteiger partial charge in [0.25, 0.3) is 0 Å². The van der Waals surface area contributed by atoms with Crippen molar-refractivity contribution < 1.29 is 21.6 Å². The number of rotatable bonds is 10. The second-order valence-electron chi connectivity index (χ2n) is 6.73. The SMILES string of the molecule is CCN(CC)CCCN([C@H]1CCS(=O)(=O)C1)S(=O)(=O)c1ccc(OC)cc1. The van der Waals surface area contributed by atoms with Gasteiger partial charge in [0.05, 0.1) is 23.5 Å². The van der Waals surface area contributed by atoms with Crippen molar-refractivity contribution in [3.63, 3.8) is 0 Å². The molecule has 0 aliphatic carbocycles. The smallest absolute Gasteiger partial charge is 0.243 e. The van der Waals surface area contributed by atoms with Crippen molar-refractivity contribution in [2.45, 2.75) is 37.6 Å². The Kier molecular flexibility index (Phi) is 7.67. The monoisotopic (exact) mass is 418 g/mol. The van der Waals surface area contributed by atoms with Gasteiger partial charge in [0.2, 0.25) is 10.0 Å². The predicted octanol–water partition coefficient (Wildman–Crippen LogP) is 1.60. The normalized spacial score (nSPS) is 19.7. The first-order chi connectivity index (χ1) is 12.7. The molecule has 1 aliphatic heterocycles. The standard InChI is InChI=1S/C18H30N2O5S2/c1-4-19(5-2)12-6-13-20(16-11-14-26(21,22)15-16)27(23,24)18-9-7-17(25-3)8-10-18/h7-10,16H,4-6,11-15H2,1-3H3/t16-/m0/s1. The summed E-state index contributed by atoms with van der Waals surface area (Å²) in [6, 6.07) is 5.72. The van der Waals surface area contributed by atoms with Crippen LogP contribution in [-0.2, 0) is 19.9 Å². The summed E-state index contributed by atoms with van der Waals surface area (Å²) in [4.78, 5) is 2.39. The fourth-order valence-corrected chi connectivity index (χ4v) is 6.89. The molecule has 7 nitrogen and oxygen atoms in total. The van der Waals surface area contributed by atoms with E-state index in [9.17, 15) is 16.8 Å². The molecule has 1 heterocycles. The molecular weight excluding hydrogens is 388 g/mol. The maximum atomic E-state index is 13.2. The maximum Gasteiger partial charge on any atom is 0.243 e. The number of sulfone groups is 1. The first-order valence-electron chi connectivity index (χ1n) is 9.32. The molecule has 0 radical (unpaired) electrons. The fourth-order valence-electron chi connectivity index (χ4n) is 3.37. The van der Waals surface area contributed by atoms with Gasteiger partial charge in [0, 0.05) is 12.6 Å². The van der Waals surface area contributed by atoms with Crippen LogP contribution in [0.3, 0.4) is 0 Å². The minimum Gasteiger partial charge on any atom is -0.497 e. The number of methoxy groups -OCH3 is 1. The fraction of sp³-hybridized carbons (Fsp3) is 0.667. The van der Waals surface area contributed by atoms with Crippen molar-refractivity contribution in [2.24, 2.45) is 0 Å². The van der Waals surface area contributed by atoms with E-state index in [1.54, 1.807) is 12.1 Å². The highest BCUT2D eigenvalue weighted by atomic mass is 32.2. The highest BCUT2D eigenvalue weighted by Crippen LogP contribution is 2.26. The predicted molar refractivity (Wildman–Crippen MR) is 106 cm³/mol. The Bertz CT molecular complexity index is 803. The van der Waals surface area contributed by atoms with Gasteiger partial charge in [-0.25, -0.2) is 16.8 Å². The molecule has 0 aromatic heterocycles. The molecule has 1 aromatic rings. The molecule has 1 fully saturated rings. The summed E-state index contributed by atoms with van der Waals surface area (Å²) in [5, 5.41) is 0. The van der Waals surface area contributed by atoms with Crippen molar-refractivity contribution in [3.8, 4) is 5.75 Å². The van der Waals surface area contributed by atoms with Crippen molar-refractivity contribution >= 4 is 19.9 Å². The molecular formula is C18H30N2O5S2. The molecule has 154 valence electrons. The van der Waals surface area contributed by atoms with Gasteiger partial charge in [0.1, 0.15) is 5.75 Å². The van der Waals surface area contributed by atoms with Crippen LogP contribution in [0.2, 0.25) is 0 Å². The summed E-state index contributed by atoms with van der Waals surface area (Å²) in [6.07, 6.45) is 1.01. The molecule has 1 atom stereocenters. The molecule has 0 saturated carbocycles. The number of hydrogen-bond donors (Lipinski definition) is 0.